The number of benzene rings is 1. The molecule has 0 saturated heterocycles. The van der Waals surface area contributed by atoms with Crippen LogP contribution in [0.5, 0.6) is 11.5 Å². The van der Waals surface area contributed by atoms with Crippen molar-refractivity contribution in [2.24, 2.45) is 0 Å². The van der Waals surface area contributed by atoms with Crippen LogP contribution in [-0.2, 0) is 5.54 Å². The highest BCUT2D eigenvalue weighted by molar-refractivity contribution is 5.47. The van der Waals surface area contributed by atoms with Gasteiger partial charge in [0.2, 0.25) is 0 Å². The normalized spacial score (nSPS) is 26.9. The Hall–Kier alpha value is -1.26. The lowest BCUT2D eigenvalue weighted by Gasteiger charge is -2.32. The molecule has 1 aliphatic carbocycles. The summed E-state index contributed by atoms with van der Waals surface area (Å²) in [5, 5.41) is 23.1. The monoisotopic (exact) mass is 277 g/mol. The number of fused-ring (bicyclic) bond motifs is 1. The zero-order valence-electron chi connectivity index (χ0n) is 11.8. The molecule has 1 unspecified atom stereocenters. The van der Waals surface area contributed by atoms with Crippen LogP contribution in [0.15, 0.2) is 18.2 Å². The van der Waals surface area contributed by atoms with Gasteiger partial charge in [-0.2, -0.15) is 0 Å². The standard InChI is InChI=1S/C16H23NO3/c18-10-16(17-12-5-3-1-2-4-6-12)11-20-15-9-13(19)7-8-14(15)16/h7-9,12,17-19H,1-6,10-11H2. The molecule has 0 radical (unpaired) electrons. The number of aliphatic hydroxyl groups is 1. The largest absolute Gasteiger partial charge is 0.508 e. The first-order chi connectivity index (χ1) is 9.73. The van der Waals surface area contributed by atoms with Gasteiger partial charge in [0.05, 0.1) is 6.61 Å². The van der Waals surface area contributed by atoms with Crippen molar-refractivity contribution >= 4 is 0 Å². The van der Waals surface area contributed by atoms with Crippen molar-refractivity contribution in [1.29, 1.82) is 0 Å². The maximum atomic E-state index is 9.93. The number of phenols is 1. The quantitative estimate of drug-likeness (QED) is 0.742. The van der Waals surface area contributed by atoms with Gasteiger partial charge in [-0.25, -0.2) is 0 Å². The molecule has 4 heteroatoms. The van der Waals surface area contributed by atoms with E-state index in [0.717, 1.165) is 18.4 Å². The van der Waals surface area contributed by atoms with E-state index < -0.39 is 5.54 Å². The van der Waals surface area contributed by atoms with E-state index in [4.69, 9.17) is 4.74 Å². The summed E-state index contributed by atoms with van der Waals surface area (Å²) in [6, 6.07) is 5.58. The van der Waals surface area contributed by atoms with Gasteiger partial charge in [-0.1, -0.05) is 25.7 Å². The molecule has 1 atom stereocenters. The van der Waals surface area contributed by atoms with Gasteiger partial charge in [0.1, 0.15) is 23.6 Å². The first-order valence-electron chi connectivity index (χ1n) is 7.58. The molecule has 0 aromatic heterocycles. The molecule has 3 rings (SSSR count). The number of hydrogen-bond acceptors (Lipinski definition) is 4. The average molecular weight is 277 g/mol. The molecule has 1 aromatic rings. The molecule has 1 aromatic carbocycles. The van der Waals surface area contributed by atoms with Crippen LogP contribution in [0.4, 0.5) is 0 Å². The molecule has 1 saturated carbocycles. The van der Waals surface area contributed by atoms with E-state index in [-0.39, 0.29) is 12.4 Å². The van der Waals surface area contributed by atoms with Crippen LogP contribution in [-0.4, -0.2) is 29.5 Å². The molecule has 1 aliphatic heterocycles. The fourth-order valence-electron chi connectivity index (χ4n) is 3.41. The third kappa shape index (κ3) is 2.50. The fourth-order valence-corrected chi connectivity index (χ4v) is 3.41. The average Bonchev–Trinajstić information content (AvgIpc) is 2.63. The van der Waals surface area contributed by atoms with Crippen molar-refractivity contribution in [2.75, 3.05) is 13.2 Å². The molecule has 110 valence electrons. The molecule has 1 fully saturated rings. The predicted molar refractivity (Wildman–Crippen MR) is 77.0 cm³/mol. The van der Waals surface area contributed by atoms with Crippen molar-refractivity contribution in [1.82, 2.24) is 5.32 Å². The summed E-state index contributed by atoms with van der Waals surface area (Å²) >= 11 is 0. The van der Waals surface area contributed by atoms with Crippen molar-refractivity contribution in [3.05, 3.63) is 23.8 Å². The van der Waals surface area contributed by atoms with E-state index >= 15 is 0 Å². The highest BCUT2D eigenvalue weighted by atomic mass is 16.5. The minimum absolute atomic E-state index is 0.0152. The summed E-state index contributed by atoms with van der Waals surface area (Å²) in [4.78, 5) is 0. The summed E-state index contributed by atoms with van der Waals surface area (Å²) in [6.45, 7) is 0.445. The van der Waals surface area contributed by atoms with Crippen LogP contribution < -0.4 is 10.1 Å². The number of aliphatic hydroxyl groups excluding tert-OH is 1. The number of nitrogens with one attached hydrogen (secondary N) is 1. The number of hydrogen-bond donors (Lipinski definition) is 3. The van der Waals surface area contributed by atoms with E-state index in [1.807, 2.05) is 6.07 Å². The van der Waals surface area contributed by atoms with Crippen LogP contribution in [0.1, 0.15) is 44.1 Å². The van der Waals surface area contributed by atoms with Gasteiger partial charge in [0.15, 0.2) is 0 Å². The highest BCUT2D eigenvalue weighted by Gasteiger charge is 2.41. The Kier molecular flexibility index (Phi) is 3.85. The van der Waals surface area contributed by atoms with Crippen LogP contribution >= 0.6 is 0 Å². The second-order valence-corrected chi connectivity index (χ2v) is 6.04. The Balaban J connectivity index is 1.82. The van der Waals surface area contributed by atoms with Gasteiger partial charge in [0.25, 0.3) is 0 Å². The summed E-state index contributed by atoms with van der Waals surface area (Å²) in [6.07, 6.45) is 7.45. The SMILES string of the molecule is OCC1(NC2CCCCCC2)COc2cc(O)ccc21. The second-order valence-electron chi connectivity index (χ2n) is 6.04. The van der Waals surface area contributed by atoms with Gasteiger partial charge in [-0.15, -0.1) is 0 Å². The van der Waals surface area contributed by atoms with Crippen molar-refractivity contribution in [2.45, 2.75) is 50.1 Å². The Labute approximate surface area is 119 Å². The van der Waals surface area contributed by atoms with Gasteiger partial charge in [0, 0.05) is 17.7 Å². The van der Waals surface area contributed by atoms with Crippen LogP contribution in [0.2, 0.25) is 0 Å². The van der Waals surface area contributed by atoms with Gasteiger partial charge >= 0.3 is 0 Å². The molecule has 0 bridgehead atoms. The van der Waals surface area contributed by atoms with Crippen LogP contribution in [0.25, 0.3) is 0 Å². The number of aromatic hydroxyl groups is 1. The van der Waals surface area contributed by atoms with E-state index in [9.17, 15) is 10.2 Å². The lowest BCUT2D eigenvalue weighted by atomic mass is 9.90. The number of ether oxygens (including phenoxy) is 1. The third-order valence-corrected chi connectivity index (χ3v) is 4.56. The van der Waals surface area contributed by atoms with Crippen molar-refractivity contribution in [3.63, 3.8) is 0 Å². The smallest absolute Gasteiger partial charge is 0.128 e. The minimum Gasteiger partial charge on any atom is -0.508 e. The fraction of sp³-hybridized carbons (Fsp3) is 0.625. The van der Waals surface area contributed by atoms with E-state index in [1.54, 1.807) is 12.1 Å². The number of rotatable bonds is 3. The predicted octanol–water partition coefficient (Wildman–Crippen LogP) is 2.28. The second kappa shape index (κ2) is 5.62. The Morgan fingerprint density at radius 3 is 2.65 bits per heavy atom. The molecule has 4 nitrogen and oxygen atoms in total. The lowest BCUT2D eigenvalue weighted by Crippen LogP contribution is -2.51. The molecule has 20 heavy (non-hydrogen) atoms. The zero-order valence-corrected chi connectivity index (χ0v) is 11.8. The van der Waals surface area contributed by atoms with Gasteiger partial charge in [-0.3, -0.25) is 5.32 Å². The first kappa shape index (κ1) is 13.7. The molecule has 0 spiro atoms. The highest BCUT2D eigenvalue weighted by Crippen LogP contribution is 2.39. The lowest BCUT2D eigenvalue weighted by molar-refractivity contribution is 0.114. The topological polar surface area (TPSA) is 61.7 Å². The zero-order chi connectivity index (χ0) is 14.0. The molecule has 2 aliphatic rings. The Morgan fingerprint density at radius 2 is 1.95 bits per heavy atom. The van der Waals surface area contributed by atoms with E-state index in [1.165, 1.54) is 25.7 Å². The maximum Gasteiger partial charge on any atom is 0.128 e. The van der Waals surface area contributed by atoms with Gasteiger partial charge < -0.3 is 14.9 Å². The number of phenolic OH excluding ortho intramolecular Hbond substituents is 1. The molecular weight excluding hydrogens is 254 g/mol. The molecular formula is C16H23NO3. The van der Waals surface area contributed by atoms with E-state index in [2.05, 4.69) is 5.32 Å². The van der Waals surface area contributed by atoms with E-state index in [0.29, 0.717) is 18.4 Å². The van der Waals surface area contributed by atoms with Crippen molar-refractivity contribution < 1.29 is 14.9 Å². The molecule has 1 heterocycles. The summed E-state index contributed by atoms with van der Waals surface area (Å²) < 4.78 is 5.68. The van der Waals surface area contributed by atoms with Crippen molar-refractivity contribution in [3.8, 4) is 11.5 Å². The maximum absolute atomic E-state index is 9.93. The van der Waals surface area contributed by atoms with Gasteiger partial charge in [-0.05, 0) is 25.0 Å². The van der Waals surface area contributed by atoms with Crippen LogP contribution in [0.3, 0.4) is 0 Å². The Morgan fingerprint density at radius 1 is 1.20 bits per heavy atom. The first-order valence-corrected chi connectivity index (χ1v) is 7.58. The van der Waals surface area contributed by atoms with Crippen LogP contribution in [0, 0.1) is 0 Å². The third-order valence-electron chi connectivity index (χ3n) is 4.56. The minimum atomic E-state index is -0.516. The molecule has 0 amide bonds. The summed E-state index contributed by atoms with van der Waals surface area (Å²) in [5.41, 5.74) is 0.444. The molecule has 3 N–H and O–H groups in total. The summed E-state index contributed by atoms with van der Waals surface area (Å²) in [7, 11) is 0. The Bertz CT molecular complexity index is 469. The summed E-state index contributed by atoms with van der Waals surface area (Å²) in [5.74, 6) is 0.882.